The molecule has 4 N–H and O–H groups in total. The van der Waals surface area contributed by atoms with Crippen molar-refractivity contribution in [2.24, 2.45) is 23.7 Å². The number of carbonyl (C=O) groups excluding carboxylic acids is 4. The molecule has 222 valence electrons. The molecule has 0 spiro atoms. The third-order valence-corrected chi connectivity index (χ3v) is 8.66. The number of nitrogens with zero attached hydrogens (tertiary/aromatic N) is 1. The van der Waals surface area contributed by atoms with Gasteiger partial charge in [-0.3, -0.25) is 24.1 Å². The number of H-pyrrole nitrogens is 1. The van der Waals surface area contributed by atoms with E-state index in [0.29, 0.717) is 12.3 Å². The summed E-state index contributed by atoms with van der Waals surface area (Å²) in [6.45, 7) is 7.16. The zero-order valence-electron chi connectivity index (χ0n) is 24.2. The van der Waals surface area contributed by atoms with Gasteiger partial charge in [-0.05, 0) is 56.6 Å². The minimum atomic E-state index is -1.19. The number of aromatic nitrogens is 1. The number of rotatable bonds is 10. The van der Waals surface area contributed by atoms with Crippen LogP contribution in [0.2, 0.25) is 0 Å². The van der Waals surface area contributed by atoms with E-state index in [4.69, 9.17) is 0 Å². The molecule has 1 aromatic heterocycles. The molecule has 5 atom stereocenters. The highest BCUT2D eigenvalue weighted by Crippen LogP contribution is 2.36. The number of aliphatic hydroxyl groups excluding tert-OH is 1. The van der Waals surface area contributed by atoms with Gasteiger partial charge >= 0.3 is 5.97 Å². The number of carbonyl (C=O) groups is 5. The van der Waals surface area contributed by atoms with Gasteiger partial charge in [-0.15, -0.1) is 0 Å². The fourth-order valence-corrected chi connectivity index (χ4v) is 6.75. The minimum Gasteiger partial charge on any atom is -0.480 e. The number of hydrogen-bond donors (Lipinski definition) is 4. The van der Waals surface area contributed by atoms with Gasteiger partial charge in [0.05, 0.1) is 11.6 Å². The molecule has 4 rings (SSSR count). The number of piperidine rings is 1. The molecule has 10 heteroatoms. The highest BCUT2D eigenvalue weighted by Gasteiger charge is 2.44. The average Bonchev–Trinajstić information content (AvgIpc) is 3.27. The topological polar surface area (TPSA) is 157 Å². The van der Waals surface area contributed by atoms with Crippen LogP contribution in [0.25, 0.3) is 10.9 Å². The number of fused-ring (bicyclic) bond motifs is 1. The van der Waals surface area contributed by atoms with Crippen LogP contribution in [-0.2, 0) is 30.4 Å². The fourth-order valence-electron chi connectivity index (χ4n) is 6.75. The van der Waals surface area contributed by atoms with Gasteiger partial charge in [0, 0.05) is 54.6 Å². The lowest BCUT2D eigenvalue weighted by Gasteiger charge is -2.41. The van der Waals surface area contributed by atoms with E-state index in [0.717, 1.165) is 27.8 Å². The Balaban J connectivity index is 1.36. The number of likely N-dealkylation sites (tertiary alicyclic amines) is 1. The predicted octanol–water partition coefficient (Wildman–Crippen LogP) is 3.22. The summed E-state index contributed by atoms with van der Waals surface area (Å²) in [6, 6.07) is 6.28. The summed E-state index contributed by atoms with van der Waals surface area (Å²) in [5, 5.41) is 24.1. The van der Waals surface area contributed by atoms with Crippen molar-refractivity contribution >= 4 is 40.4 Å². The molecule has 41 heavy (non-hydrogen) atoms. The van der Waals surface area contributed by atoms with E-state index in [1.165, 1.54) is 0 Å². The molecule has 1 saturated heterocycles. The molecule has 2 fully saturated rings. The van der Waals surface area contributed by atoms with Crippen molar-refractivity contribution in [2.75, 3.05) is 0 Å². The number of carboxylic acid groups (broad SMARTS) is 1. The zero-order chi connectivity index (χ0) is 30.1. The van der Waals surface area contributed by atoms with Crippen LogP contribution in [0.4, 0.5) is 0 Å². The molecule has 0 bridgehead atoms. The lowest BCUT2D eigenvalue weighted by Crippen LogP contribution is -2.57. The average molecular weight is 568 g/mol. The van der Waals surface area contributed by atoms with Crippen molar-refractivity contribution < 1.29 is 34.2 Å². The van der Waals surface area contributed by atoms with Crippen LogP contribution in [-0.4, -0.2) is 67.3 Å². The minimum absolute atomic E-state index is 0.0260. The van der Waals surface area contributed by atoms with Gasteiger partial charge in [-0.1, -0.05) is 32.0 Å². The van der Waals surface area contributed by atoms with E-state index >= 15 is 0 Å². The van der Waals surface area contributed by atoms with Crippen molar-refractivity contribution in [3.8, 4) is 0 Å². The van der Waals surface area contributed by atoms with Gasteiger partial charge in [0.25, 0.3) is 0 Å². The van der Waals surface area contributed by atoms with Crippen molar-refractivity contribution in [3.05, 3.63) is 36.0 Å². The van der Waals surface area contributed by atoms with E-state index in [1.54, 1.807) is 20.0 Å². The number of aliphatic carboxylic acids is 1. The summed E-state index contributed by atoms with van der Waals surface area (Å²) in [5.74, 6) is -3.28. The number of imide groups is 1. The Morgan fingerprint density at radius 3 is 2.41 bits per heavy atom. The van der Waals surface area contributed by atoms with Crippen LogP contribution in [0.15, 0.2) is 30.5 Å². The van der Waals surface area contributed by atoms with Crippen LogP contribution in [0.5, 0.6) is 0 Å². The summed E-state index contributed by atoms with van der Waals surface area (Å²) in [7, 11) is 0. The molecule has 1 aliphatic carbocycles. The molecule has 10 nitrogen and oxygen atoms in total. The van der Waals surface area contributed by atoms with Gasteiger partial charge < -0.3 is 20.5 Å². The lowest BCUT2D eigenvalue weighted by atomic mass is 9.71. The number of hydrogen-bond acceptors (Lipinski definition) is 6. The molecule has 1 saturated carbocycles. The number of carboxylic acids is 1. The first-order valence-electron chi connectivity index (χ1n) is 14.4. The molecule has 0 radical (unpaired) electrons. The second-order valence-corrected chi connectivity index (χ2v) is 12.7. The highest BCUT2D eigenvalue weighted by atomic mass is 16.4. The van der Waals surface area contributed by atoms with Crippen LogP contribution in [0.3, 0.4) is 0 Å². The van der Waals surface area contributed by atoms with Crippen LogP contribution < -0.4 is 5.32 Å². The number of benzene rings is 1. The summed E-state index contributed by atoms with van der Waals surface area (Å²) in [6.07, 6.45) is 2.27. The Hall–Kier alpha value is -3.53. The van der Waals surface area contributed by atoms with Gasteiger partial charge in [-0.2, -0.15) is 0 Å². The Morgan fingerprint density at radius 2 is 1.76 bits per heavy atom. The standard InChI is InChI=1S/C31H41N3O7/c1-17-9-18(2)29(39)22(10-17)25(35)11-19-12-27(37)34(28(38)13-19)31(3,4)15-26(36)33-24(30(40)41)14-20-16-32-23-8-6-5-7-21(20)23/h5-8,16-19,22,24-25,32,35H,9-15H2,1-4H3,(H,33,36)(H,40,41)/t17-,18-,22?,24?,25?/m0/s1. The largest absolute Gasteiger partial charge is 0.480 e. The predicted molar refractivity (Wildman–Crippen MR) is 152 cm³/mol. The normalized spacial score (nSPS) is 24.0. The maximum Gasteiger partial charge on any atom is 0.326 e. The molecule has 1 aromatic carbocycles. The molecule has 3 amide bonds. The molecule has 1 aliphatic heterocycles. The summed E-state index contributed by atoms with van der Waals surface area (Å²) < 4.78 is 0. The number of aliphatic hydroxyl groups is 1. The fraction of sp³-hybridized carbons (Fsp3) is 0.581. The second kappa shape index (κ2) is 12.1. The van der Waals surface area contributed by atoms with E-state index in [-0.39, 0.29) is 43.8 Å². The molecular weight excluding hydrogens is 526 g/mol. The maximum atomic E-state index is 13.2. The first-order chi connectivity index (χ1) is 19.3. The number of aromatic amines is 1. The third kappa shape index (κ3) is 6.86. The Kier molecular flexibility index (Phi) is 9.01. The number of ketones is 1. The number of nitrogens with one attached hydrogen (secondary N) is 2. The van der Waals surface area contributed by atoms with Gasteiger partial charge in [0.15, 0.2) is 0 Å². The molecule has 2 heterocycles. The first kappa shape index (κ1) is 30.4. The van der Waals surface area contributed by atoms with Crippen LogP contribution in [0.1, 0.15) is 71.8 Å². The first-order valence-corrected chi connectivity index (χ1v) is 14.4. The molecule has 2 aliphatic rings. The lowest BCUT2D eigenvalue weighted by molar-refractivity contribution is -0.158. The maximum absolute atomic E-state index is 13.2. The number of para-hydroxylation sites is 1. The van der Waals surface area contributed by atoms with Crippen molar-refractivity contribution in [3.63, 3.8) is 0 Å². The van der Waals surface area contributed by atoms with E-state index in [1.807, 2.05) is 31.2 Å². The molecule has 2 aromatic rings. The molecule has 3 unspecified atom stereocenters. The molecular formula is C31H41N3O7. The smallest absolute Gasteiger partial charge is 0.326 e. The number of amides is 3. The van der Waals surface area contributed by atoms with Gasteiger partial charge in [0.2, 0.25) is 17.7 Å². The Morgan fingerprint density at radius 1 is 1.10 bits per heavy atom. The van der Waals surface area contributed by atoms with E-state index in [9.17, 15) is 34.2 Å². The Bertz CT molecular complexity index is 1310. The van der Waals surface area contributed by atoms with Gasteiger partial charge in [-0.25, -0.2) is 4.79 Å². The Labute approximate surface area is 239 Å². The highest BCUT2D eigenvalue weighted by molar-refractivity contribution is 5.99. The summed E-state index contributed by atoms with van der Waals surface area (Å²) >= 11 is 0. The quantitative estimate of drug-likeness (QED) is 0.321. The van der Waals surface area contributed by atoms with E-state index < -0.39 is 53.2 Å². The van der Waals surface area contributed by atoms with Gasteiger partial charge in [0.1, 0.15) is 11.8 Å². The summed E-state index contributed by atoms with van der Waals surface area (Å²) in [4.78, 5) is 68.1. The third-order valence-electron chi connectivity index (χ3n) is 8.66. The number of Topliss-reactive ketones (excluding diaryl/α,β-unsaturated/α-hetero) is 1. The van der Waals surface area contributed by atoms with Crippen molar-refractivity contribution in [1.82, 2.24) is 15.2 Å². The second-order valence-electron chi connectivity index (χ2n) is 12.7. The van der Waals surface area contributed by atoms with E-state index in [2.05, 4.69) is 17.2 Å². The van der Waals surface area contributed by atoms with Crippen LogP contribution in [0, 0.1) is 23.7 Å². The monoisotopic (exact) mass is 567 g/mol. The summed E-state index contributed by atoms with van der Waals surface area (Å²) in [5.41, 5.74) is 0.429. The zero-order valence-corrected chi connectivity index (χ0v) is 24.2. The van der Waals surface area contributed by atoms with Crippen molar-refractivity contribution in [1.29, 1.82) is 0 Å². The van der Waals surface area contributed by atoms with Crippen LogP contribution >= 0.6 is 0 Å². The van der Waals surface area contributed by atoms with Crippen molar-refractivity contribution in [2.45, 2.75) is 90.3 Å². The SMILES string of the molecule is C[C@@H]1CC(C(O)CC2CC(=O)N(C(C)(C)CC(=O)NC(Cc3c[nH]c4ccccc34)C(=O)O)C(=O)C2)C(=O)[C@@H](C)C1.